The van der Waals surface area contributed by atoms with E-state index in [9.17, 15) is 0 Å². The second-order valence-electron chi connectivity index (χ2n) is 3.50. The summed E-state index contributed by atoms with van der Waals surface area (Å²) in [6.45, 7) is 0.824. The molecule has 0 spiro atoms. The number of unbranched alkanes of at least 4 members (excludes halogenated alkanes) is 4. The van der Waals surface area contributed by atoms with E-state index in [1.807, 2.05) is 6.20 Å². The zero-order valence-corrected chi connectivity index (χ0v) is 8.65. The fourth-order valence-electron chi connectivity index (χ4n) is 1.44. The zero-order chi connectivity index (χ0) is 10.1. The zero-order valence-electron chi connectivity index (χ0n) is 8.65. The Morgan fingerprint density at radius 2 is 1.79 bits per heavy atom. The molecule has 78 valence electrons. The quantitative estimate of drug-likeness (QED) is 0.673. The van der Waals surface area contributed by atoms with Crippen molar-refractivity contribution in [3.63, 3.8) is 0 Å². The Labute approximate surface area is 85.8 Å². The summed E-state index contributed by atoms with van der Waals surface area (Å²) >= 11 is 0. The van der Waals surface area contributed by atoms with Crippen molar-refractivity contribution in [3.8, 4) is 0 Å². The molecule has 0 amide bonds. The molecular formula is C11H19N3. The largest absolute Gasteiger partial charge is 0.330 e. The highest BCUT2D eigenvalue weighted by atomic mass is 14.8. The predicted molar refractivity (Wildman–Crippen MR) is 57.9 cm³/mol. The Morgan fingerprint density at radius 1 is 1.00 bits per heavy atom. The molecular weight excluding hydrogens is 174 g/mol. The molecule has 2 N–H and O–H groups in total. The molecule has 0 atom stereocenters. The molecule has 1 aromatic rings. The van der Waals surface area contributed by atoms with E-state index in [1.165, 1.54) is 25.7 Å². The first-order chi connectivity index (χ1) is 6.93. The molecule has 0 aliphatic rings. The molecule has 0 aromatic carbocycles. The van der Waals surface area contributed by atoms with Crippen molar-refractivity contribution < 1.29 is 0 Å². The number of aromatic nitrogens is 2. The number of rotatable bonds is 7. The van der Waals surface area contributed by atoms with Crippen LogP contribution in [-0.4, -0.2) is 16.5 Å². The van der Waals surface area contributed by atoms with Crippen molar-refractivity contribution in [2.45, 2.75) is 38.5 Å². The van der Waals surface area contributed by atoms with Crippen molar-refractivity contribution in [2.24, 2.45) is 5.73 Å². The highest BCUT2D eigenvalue weighted by Gasteiger charge is 1.94. The molecule has 0 radical (unpaired) electrons. The van der Waals surface area contributed by atoms with Crippen LogP contribution in [0.1, 0.15) is 37.8 Å². The summed E-state index contributed by atoms with van der Waals surface area (Å²) in [5.41, 5.74) is 6.52. The summed E-state index contributed by atoms with van der Waals surface area (Å²) in [5.74, 6) is 0. The molecule has 1 aromatic heterocycles. The molecule has 0 saturated carbocycles. The topological polar surface area (TPSA) is 51.8 Å². The lowest BCUT2D eigenvalue weighted by Gasteiger charge is -2.00. The summed E-state index contributed by atoms with van der Waals surface area (Å²) in [5, 5.41) is 0. The molecule has 1 rings (SSSR count). The average molecular weight is 193 g/mol. The van der Waals surface area contributed by atoms with E-state index in [1.54, 1.807) is 12.4 Å². The number of nitrogens with two attached hydrogens (primary N) is 1. The Kier molecular flexibility index (Phi) is 5.91. The minimum Gasteiger partial charge on any atom is -0.330 e. The van der Waals surface area contributed by atoms with E-state index >= 15 is 0 Å². The minimum absolute atomic E-state index is 0.824. The first-order valence-corrected chi connectivity index (χ1v) is 5.38. The van der Waals surface area contributed by atoms with Crippen LogP contribution >= 0.6 is 0 Å². The number of hydrogen-bond donors (Lipinski definition) is 1. The summed E-state index contributed by atoms with van der Waals surface area (Å²) in [7, 11) is 0. The van der Waals surface area contributed by atoms with Gasteiger partial charge in [0.15, 0.2) is 0 Å². The van der Waals surface area contributed by atoms with Gasteiger partial charge in [-0.05, 0) is 25.8 Å². The first-order valence-electron chi connectivity index (χ1n) is 5.38. The standard InChI is InChI=1S/C11H19N3/c12-7-5-3-1-2-4-6-11-10-13-8-9-14-11/h8-10H,1-7,12H2. The van der Waals surface area contributed by atoms with Gasteiger partial charge in [-0.2, -0.15) is 0 Å². The number of nitrogens with zero attached hydrogens (tertiary/aromatic N) is 2. The molecule has 0 bridgehead atoms. The smallest absolute Gasteiger partial charge is 0.0586 e. The van der Waals surface area contributed by atoms with Crippen molar-refractivity contribution in [3.05, 3.63) is 24.3 Å². The van der Waals surface area contributed by atoms with Crippen LogP contribution in [0.4, 0.5) is 0 Å². The second kappa shape index (κ2) is 7.44. The first kappa shape index (κ1) is 11.1. The Bertz CT molecular complexity index is 223. The maximum Gasteiger partial charge on any atom is 0.0586 e. The molecule has 0 saturated heterocycles. The SMILES string of the molecule is NCCCCCCCc1cnccn1. The maximum atomic E-state index is 5.42. The summed E-state index contributed by atoms with van der Waals surface area (Å²) < 4.78 is 0. The lowest BCUT2D eigenvalue weighted by Crippen LogP contribution is -1.97. The van der Waals surface area contributed by atoms with Gasteiger partial charge in [-0.25, -0.2) is 0 Å². The fourth-order valence-corrected chi connectivity index (χ4v) is 1.44. The Hall–Kier alpha value is -0.960. The van der Waals surface area contributed by atoms with E-state index in [4.69, 9.17) is 5.73 Å². The van der Waals surface area contributed by atoms with Crippen LogP contribution in [0.15, 0.2) is 18.6 Å². The van der Waals surface area contributed by atoms with E-state index < -0.39 is 0 Å². The summed E-state index contributed by atoms with van der Waals surface area (Å²) in [4.78, 5) is 8.26. The number of aryl methyl sites for hydroxylation is 1. The van der Waals surface area contributed by atoms with Crippen LogP contribution in [0.25, 0.3) is 0 Å². The van der Waals surface area contributed by atoms with Gasteiger partial charge >= 0.3 is 0 Å². The minimum atomic E-state index is 0.824. The van der Waals surface area contributed by atoms with E-state index in [-0.39, 0.29) is 0 Å². The van der Waals surface area contributed by atoms with Gasteiger partial charge in [0.05, 0.1) is 5.69 Å². The molecule has 0 fully saturated rings. The van der Waals surface area contributed by atoms with Crippen LogP contribution in [0, 0.1) is 0 Å². The van der Waals surface area contributed by atoms with Gasteiger partial charge in [-0.1, -0.05) is 19.3 Å². The van der Waals surface area contributed by atoms with Gasteiger partial charge in [0.25, 0.3) is 0 Å². The molecule has 0 aliphatic heterocycles. The van der Waals surface area contributed by atoms with Crippen molar-refractivity contribution in [2.75, 3.05) is 6.54 Å². The van der Waals surface area contributed by atoms with Crippen LogP contribution in [0.3, 0.4) is 0 Å². The van der Waals surface area contributed by atoms with Crippen molar-refractivity contribution >= 4 is 0 Å². The molecule has 14 heavy (non-hydrogen) atoms. The molecule has 0 unspecified atom stereocenters. The molecule has 3 heteroatoms. The third-order valence-corrected chi connectivity index (χ3v) is 2.25. The van der Waals surface area contributed by atoms with Gasteiger partial charge < -0.3 is 5.73 Å². The number of hydrogen-bond acceptors (Lipinski definition) is 3. The molecule has 1 heterocycles. The van der Waals surface area contributed by atoms with Crippen molar-refractivity contribution in [1.82, 2.24) is 9.97 Å². The Morgan fingerprint density at radius 3 is 2.50 bits per heavy atom. The Balaban J connectivity index is 1.99. The lowest BCUT2D eigenvalue weighted by molar-refractivity contribution is 0.614. The van der Waals surface area contributed by atoms with Crippen LogP contribution in [0.5, 0.6) is 0 Å². The fraction of sp³-hybridized carbons (Fsp3) is 0.636. The summed E-state index contributed by atoms with van der Waals surface area (Å²) in [6, 6.07) is 0. The maximum absolute atomic E-state index is 5.42. The third-order valence-electron chi connectivity index (χ3n) is 2.25. The normalized spacial score (nSPS) is 10.4. The van der Waals surface area contributed by atoms with E-state index in [2.05, 4.69) is 9.97 Å². The highest BCUT2D eigenvalue weighted by Crippen LogP contribution is 2.05. The van der Waals surface area contributed by atoms with Gasteiger partial charge in [-0.15, -0.1) is 0 Å². The monoisotopic (exact) mass is 193 g/mol. The van der Waals surface area contributed by atoms with Crippen molar-refractivity contribution in [1.29, 1.82) is 0 Å². The molecule has 0 aliphatic carbocycles. The van der Waals surface area contributed by atoms with Gasteiger partial charge in [0.1, 0.15) is 0 Å². The predicted octanol–water partition coefficient (Wildman–Crippen LogP) is 1.93. The van der Waals surface area contributed by atoms with Crippen LogP contribution in [-0.2, 0) is 6.42 Å². The van der Waals surface area contributed by atoms with Gasteiger partial charge in [0, 0.05) is 18.6 Å². The summed E-state index contributed by atoms with van der Waals surface area (Å²) in [6.07, 6.45) is 12.6. The van der Waals surface area contributed by atoms with E-state index in [0.29, 0.717) is 0 Å². The lowest BCUT2D eigenvalue weighted by atomic mass is 10.1. The highest BCUT2D eigenvalue weighted by molar-refractivity contribution is 4.94. The van der Waals surface area contributed by atoms with Crippen LogP contribution < -0.4 is 5.73 Å². The van der Waals surface area contributed by atoms with Crippen LogP contribution in [0.2, 0.25) is 0 Å². The van der Waals surface area contributed by atoms with E-state index in [0.717, 1.165) is 25.1 Å². The third kappa shape index (κ3) is 4.92. The van der Waals surface area contributed by atoms with Gasteiger partial charge in [-0.3, -0.25) is 9.97 Å². The second-order valence-corrected chi connectivity index (χ2v) is 3.50. The van der Waals surface area contributed by atoms with Gasteiger partial charge in [0.2, 0.25) is 0 Å². The average Bonchev–Trinajstić information content (AvgIpc) is 2.25. The molecule has 3 nitrogen and oxygen atoms in total.